The van der Waals surface area contributed by atoms with E-state index >= 15 is 0 Å². The number of hydrogen-bond donors (Lipinski definition) is 2. The van der Waals surface area contributed by atoms with Gasteiger partial charge in [-0.15, -0.1) is 0 Å². The lowest BCUT2D eigenvalue weighted by molar-refractivity contribution is -0.138. The van der Waals surface area contributed by atoms with Gasteiger partial charge in [0.1, 0.15) is 5.82 Å². The van der Waals surface area contributed by atoms with Crippen LogP contribution in [0.2, 0.25) is 0 Å². The molecule has 138 valence electrons. The van der Waals surface area contributed by atoms with E-state index in [0.29, 0.717) is 6.07 Å². The van der Waals surface area contributed by atoms with Crippen LogP contribution in [0, 0.1) is 5.82 Å². The van der Waals surface area contributed by atoms with E-state index < -0.39 is 23.5 Å². The zero-order chi connectivity index (χ0) is 18.6. The summed E-state index contributed by atoms with van der Waals surface area (Å²) < 4.78 is 51.7. The second-order valence-electron chi connectivity index (χ2n) is 6.09. The Morgan fingerprint density at radius 1 is 1.20 bits per heavy atom. The lowest BCUT2D eigenvalue weighted by Gasteiger charge is -2.17. The molecule has 0 spiro atoms. The maximum absolute atomic E-state index is 13.0. The summed E-state index contributed by atoms with van der Waals surface area (Å²) in [4.78, 5) is 24.9. The fraction of sp³-hybridized carbons (Fsp3) is 0.500. The summed E-state index contributed by atoms with van der Waals surface area (Å²) in [6, 6.07) is 2.51. The van der Waals surface area contributed by atoms with E-state index in [9.17, 15) is 27.2 Å². The molecule has 1 aromatic carbocycles. The van der Waals surface area contributed by atoms with E-state index in [0.717, 1.165) is 25.0 Å². The van der Waals surface area contributed by atoms with Gasteiger partial charge in [-0.05, 0) is 37.6 Å². The summed E-state index contributed by atoms with van der Waals surface area (Å²) in [5.74, 6) is -1.72. The molecule has 1 saturated carbocycles. The third-order valence-corrected chi connectivity index (χ3v) is 3.62. The van der Waals surface area contributed by atoms with Gasteiger partial charge in [-0.3, -0.25) is 14.5 Å². The van der Waals surface area contributed by atoms with Crippen LogP contribution in [0.15, 0.2) is 18.2 Å². The predicted octanol–water partition coefficient (Wildman–Crippen LogP) is 1.67. The van der Waals surface area contributed by atoms with Crippen LogP contribution >= 0.6 is 0 Å². The van der Waals surface area contributed by atoms with Gasteiger partial charge in [-0.1, -0.05) is 6.07 Å². The first-order valence-electron chi connectivity index (χ1n) is 7.75. The molecule has 0 atom stereocenters. The van der Waals surface area contributed by atoms with Crippen molar-refractivity contribution in [1.29, 1.82) is 0 Å². The Labute approximate surface area is 142 Å². The summed E-state index contributed by atoms with van der Waals surface area (Å²) in [5, 5.41) is 5.13. The van der Waals surface area contributed by atoms with Crippen LogP contribution in [-0.4, -0.2) is 42.9 Å². The highest BCUT2D eigenvalue weighted by Gasteiger charge is 2.33. The Kier molecular flexibility index (Phi) is 5.99. The number of amides is 2. The van der Waals surface area contributed by atoms with Crippen LogP contribution in [0.1, 0.15) is 24.0 Å². The molecule has 0 heterocycles. The van der Waals surface area contributed by atoms with Gasteiger partial charge in [-0.25, -0.2) is 4.39 Å². The average Bonchev–Trinajstić information content (AvgIpc) is 3.28. The molecule has 2 N–H and O–H groups in total. The van der Waals surface area contributed by atoms with Crippen molar-refractivity contribution in [2.75, 3.05) is 20.1 Å². The number of alkyl halides is 3. The Morgan fingerprint density at radius 2 is 1.84 bits per heavy atom. The van der Waals surface area contributed by atoms with Crippen LogP contribution < -0.4 is 10.6 Å². The molecular weight excluding hydrogens is 342 g/mol. The largest absolute Gasteiger partial charge is 0.416 e. The van der Waals surface area contributed by atoms with Crippen LogP contribution in [-0.2, 0) is 22.3 Å². The number of rotatable bonds is 7. The van der Waals surface area contributed by atoms with Gasteiger partial charge in [0.25, 0.3) is 0 Å². The zero-order valence-corrected chi connectivity index (χ0v) is 13.6. The molecule has 0 radical (unpaired) electrons. The summed E-state index contributed by atoms with van der Waals surface area (Å²) in [6.45, 7) is -0.495. The Balaban J connectivity index is 1.84. The van der Waals surface area contributed by atoms with E-state index in [2.05, 4.69) is 10.6 Å². The van der Waals surface area contributed by atoms with Crippen molar-refractivity contribution in [1.82, 2.24) is 15.5 Å². The SMILES string of the molecule is CN(CC(=O)NCc1ccc(F)cc1C(F)(F)F)CC(=O)NC1CC1. The van der Waals surface area contributed by atoms with Gasteiger partial charge in [0, 0.05) is 12.6 Å². The van der Waals surface area contributed by atoms with E-state index in [1.165, 1.54) is 4.90 Å². The molecule has 1 aromatic rings. The number of halogens is 4. The molecule has 2 amide bonds. The summed E-state index contributed by atoms with van der Waals surface area (Å²) in [6.07, 6.45) is -2.80. The van der Waals surface area contributed by atoms with Crippen molar-refractivity contribution >= 4 is 11.8 Å². The normalized spacial score (nSPS) is 14.5. The predicted molar refractivity (Wildman–Crippen MR) is 81.9 cm³/mol. The minimum absolute atomic E-state index is 0.0221. The monoisotopic (exact) mass is 361 g/mol. The van der Waals surface area contributed by atoms with Crippen LogP contribution in [0.5, 0.6) is 0 Å². The number of hydrogen-bond acceptors (Lipinski definition) is 3. The highest BCUT2D eigenvalue weighted by molar-refractivity contribution is 5.81. The molecule has 0 bridgehead atoms. The minimum Gasteiger partial charge on any atom is -0.352 e. The molecule has 0 saturated heterocycles. The fourth-order valence-corrected chi connectivity index (χ4v) is 2.26. The number of carbonyl (C=O) groups excluding carboxylic acids is 2. The average molecular weight is 361 g/mol. The third kappa shape index (κ3) is 6.33. The number of nitrogens with zero attached hydrogens (tertiary/aromatic N) is 1. The standard InChI is InChI=1S/C16H19F4N3O2/c1-23(9-15(25)22-12-4-5-12)8-14(24)21-7-10-2-3-11(17)6-13(10)16(18,19)20/h2-3,6,12H,4-5,7-9H2,1H3,(H,21,24)(H,22,25). The first-order chi connectivity index (χ1) is 11.6. The molecule has 9 heteroatoms. The molecule has 0 aromatic heterocycles. The highest BCUT2D eigenvalue weighted by Crippen LogP contribution is 2.32. The number of nitrogens with one attached hydrogen (secondary N) is 2. The first-order valence-corrected chi connectivity index (χ1v) is 7.75. The maximum atomic E-state index is 13.0. The number of carbonyl (C=O) groups is 2. The van der Waals surface area contributed by atoms with E-state index in [1.54, 1.807) is 7.05 Å². The molecule has 1 fully saturated rings. The molecule has 0 aliphatic heterocycles. The fourth-order valence-electron chi connectivity index (χ4n) is 2.26. The summed E-state index contributed by atoms with van der Waals surface area (Å²) in [7, 11) is 1.56. The minimum atomic E-state index is -4.71. The highest BCUT2D eigenvalue weighted by atomic mass is 19.4. The Hall–Kier alpha value is -2.16. The van der Waals surface area contributed by atoms with Crippen molar-refractivity contribution in [2.24, 2.45) is 0 Å². The topological polar surface area (TPSA) is 61.4 Å². The van der Waals surface area contributed by atoms with Gasteiger partial charge in [0.2, 0.25) is 11.8 Å². The Bertz CT molecular complexity index is 645. The Morgan fingerprint density at radius 3 is 2.44 bits per heavy atom. The molecular formula is C16H19F4N3O2. The maximum Gasteiger partial charge on any atom is 0.416 e. The second-order valence-corrected chi connectivity index (χ2v) is 6.09. The van der Waals surface area contributed by atoms with E-state index in [-0.39, 0.29) is 37.1 Å². The van der Waals surface area contributed by atoms with Crippen LogP contribution in [0.25, 0.3) is 0 Å². The van der Waals surface area contributed by atoms with Crippen molar-refractivity contribution in [3.8, 4) is 0 Å². The third-order valence-electron chi connectivity index (χ3n) is 3.62. The summed E-state index contributed by atoms with van der Waals surface area (Å²) >= 11 is 0. The molecule has 1 aliphatic rings. The number of benzene rings is 1. The van der Waals surface area contributed by atoms with E-state index in [4.69, 9.17) is 0 Å². The molecule has 0 unspecified atom stereocenters. The quantitative estimate of drug-likeness (QED) is 0.727. The van der Waals surface area contributed by atoms with Gasteiger partial charge >= 0.3 is 6.18 Å². The van der Waals surface area contributed by atoms with Crippen molar-refractivity contribution in [3.63, 3.8) is 0 Å². The molecule has 5 nitrogen and oxygen atoms in total. The van der Waals surface area contributed by atoms with Gasteiger partial charge in [0.15, 0.2) is 0 Å². The van der Waals surface area contributed by atoms with Crippen molar-refractivity contribution in [3.05, 3.63) is 35.1 Å². The first kappa shape index (κ1) is 19.2. The molecule has 1 aliphatic carbocycles. The lowest BCUT2D eigenvalue weighted by atomic mass is 10.1. The van der Waals surface area contributed by atoms with Crippen molar-refractivity contribution in [2.45, 2.75) is 31.6 Å². The molecule has 2 rings (SSSR count). The van der Waals surface area contributed by atoms with Crippen molar-refractivity contribution < 1.29 is 27.2 Å². The molecule has 25 heavy (non-hydrogen) atoms. The number of likely N-dealkylation sites (N-methyl/N-ethyl adjacent to an activating group) is 1. The lowest BCUT2D eigenvalue weighted by Crippen LogP contribution is -2.41. The summed E-state index contributed by atoms with van der Waals surface area (Å²) in [5.41, 5.74) is -1.35. The van der Waals surface area contributed by atoms with E-state index in [1.807, 2.05) is 0 Å². The van der Waals surface area contributed by atoms with Gasteiger partial charge < -0.3 is 10.6 Å². The second kappa shape index (κ2) is 7.81. The van der Waals surface area contributed by atoms with Gasteiger partial charge in [0.05, 0.1) is 18.7 Å². The smallest absolute Gasteiger partial charge is 0.352 e. The van der Waals surface area contributed by atoms with Crippen LogP contribution in [0.3, 0.4) is 0 Å². The van der Waals surface area contributed by atoms with Gasteiger partial charge in [-0.2, -0.15) is 13.2 Å². The van der Waals surface area contributed by atoms with Crippen LogP contribution in [0.4, 0.5) is 17.6 Å². The zero-order valence-electron chi connectivity index (χ0n) is 13.6.